The van der Waals surface area contributed by atoms with E-state index >= 15 is 0 Å². The van der Waals surface area contributed by atoms with Crippen molar-refractivity contribution in [2.24, 2.45) is 0 Å². The van der Waals surface area contributed by atoms with Gasteiger partial charge in [-0.2, -0.15) is 0 Å². The van der Waals surface area contributed by atoms with Gasteiger partial charge in [0.05, 0.1) is 44.5 Å². The zero-order valence-corrected chi connectivity index (χ0v) is 32.8. The fourth-order valence-corrected chi connectivity index (χ4v) is 7.01. The molecule has 0 saturated heterocycles. The van der Waals surface area contributed by atoms with E-state index in [1.54, 1.807) is 36.4 Å². The smallest absolute Gasteiger partial charge is 0.344 e. The Bertz CT molecular complexity index is 2910. The molecule has 16 nitrogen and oxygen atoms in total. The van der Waals surface area contributed by atoms with E-state index in [4.69, 9.17) is 9.47 Å². The SMILES string of the molecule is CC(C)(c1ccc(OC(=O)c2cccc(C(=O)O)c2)cc1)c1ccc(OC(=O)c2ccc(-c3cccc(C(=O)O)c3C(=O)O)c(-c3cccc(C(=O)O)c3C(=O)O)c2C(=O)O)cc1. The first-order valence-electron chi connectivity index (χ1n) is 18.4. The van der Waals surface area contributed by atoms with E-state index in [0.717, 1.165) is 48.0 Å². The van der Waals surface area contributed by atoms with Gasteiger partial charge in [0.2, 0.25) is 0 Å². The predicted octanol–water partition coefficient (Wildman–Crippen LogP) is 7.97. The zero-order valence-electron chi connectivity index (χ0n) is 32.8. The Kier molecular flexibility index (Phi) is 12.0. The first-order valence-corrected chi connectivity index (χ1v) is 18.4. The molecule has 0 unspecified atom stereocenters. The van der Waals surface area contributed by atoms with Gasteiger partial charge in [0.25, 0.3) is 0 Å². The summed E-state index contributed by atoms with van der Waals surface area (Å²) in [7, 11) is 0. The number of hydrogen-bond donors (Lipinski definition) is 6. The molecule has 6 aromatic rings. The Morgan fingerprint density at radius 3 is 1.32 bits per heavy atom. The number of benzene rings is 6. The first kappa shape index (κ1) is 43.7. The minimum absolute atomic E-state index is 0.0483. The molecule has 6 aromatic carbocycles. The van der Waals surface area contributed by atoms with Crippen LogP contribution in [0.15, 0.2) is 121 Å². The van der Waals surface area contributed by atoms with Gasteiger partial charge >= 0.3 is 47.8 Å². The van der Waals surface area contributed by atoms with Crippen LogP contribution < -0.4 is 9.47 Å². The van der Waals surface area contributed by atoms with Crippen LogP contribution in [0.25, 0.3) is 22.3 Å². The van der Waals surface area contributed by atoms with Crippen molar-refractivity contribution in [1.29, 1.82) is 0 Å². The summed E-state index contributed by atoms with van der Waals surface area (Å²) < 4.78 is 11.0. The molecule has 316 valence electrons. The largest absolute Gasteiger partial charge is 0.478 e. The van der Waals surface area contributed by atoms with Crippen LogP contribution in [0.1, 0.15) is 108 Å². The molecule has 0 amide bonds. The van der Waals surface area contributed by atoms with Gasteiger partial charge in [-0.3, -0.25) is 0 Å². The molecule has 0 radical (unpaired) electrons. The number of aromatic carboxylic acids is 6. The molecular formula is C47H32O16. The number of carboxylic acids is 6. The van der Waals surface area contributed by atoms with Crippen molar-refractivity contribution in [3.05, 3.63) is 177 Å². The van der Waals surface area contributed by atoms with Crippen molar-refractivity contribution in [2.45, 2.75) is 19.3 Å². The van der Waals surface area contributed by atoms with Gasteiger partial charge in [0, 0.05) is 11.0 Å². The average Bonchev–Trinajstić information content (AvgIpc) is 3.25. The summed E-state index contributed by atoms with van der Waals surface area (Å²) in [4.78, 5) is 100. The van der Waals surface area contributed by atoms with Crippen molar-refractivity contribution in [3.8, 4) is 33.8 Å². The van der Waals surface area contributed by atoms with Crippen molar-refractivity contribution < 1.29 is 78.5 Å². The van der Waals surface area contributed by atoms with Crippen LogP contribution in [-0.4, -0.2) is 78.4 Å². The second kappa shape index (κ2) is 17.4. The molecule has 0 saturated carbocycles. The lowest BCUT2D eigenvalue weighted by atomic mass is 9.78. The number of hydrogen-bond acceptors (Lipinski definition) is 10. The fraction of sp³-hybridized carbons (Fsp3) is 0.0638. The van der Waals surface area contributed by atoms with Gasteiger partial charge in [0.15, 0.2) is 0 Å². The van der Waals surface area contributed by atoms with Crippen LogP contribution >= 0.6 is 0 Å². The average molecular weight is 853 g/mol. The highest BCUT2D eigenvalue weighted by molar-refractivity contribution is 6.16. The molecule has 6 rings (SSSR count). The first-order chi connectivity index (χ1) is 29.8. The maximum Gasteiger partial charge on any atom is 0.344 e. The van der Waals surface area contributed by atoms with Gasteiger partial charge in [0.1, 0.15) is 11.5 Å². The van der Waals surface area contributed by atoms with Crippen LogP contribution in [0.2, 0.25) is 0 Å². The van der Waals surface area contributed by atoms with Crippen molar-refractivity contribution in [3.63, 3.8) is 0 Å². The highest BCUT2D eigenvalue weighted by Gasteiger charge is 2.33. The lowest BCUT2D eigenvalue weighted by Crippen LogP contribution is -2.19. The van der Waals surface area contributed by atoms with Crippen LogP contribution in [0.4, 0.5) is 0 Å². The van der Waals surface area contributed by atoms with E-state index in [2.05, 4.69) is 0 Å². The van der Waals surface area contributed by atoms with E-state index in [1.165, 1.54) is 42.5 Å². The van der Waals surface area contributed by atoms with E-state index < -0.39 is 97.7 Å². The maximum absolute atomic E-state index is 13.9. The lowest BCUT2D eigenvalue weighted by Gasteiger charge is -2.26. The summed E-state index contributed by atoms with van der Waals surface area (Å²) in [6.07, 6.45) is 0. The summed E-state index contributed by atoms with van der Waals surface area (Å²) in [5.74, 6) is -11.8. The molecule has 0 fully saturated rings. The third-order valence-corrected chi connectivity index (χ3v) is 10.1. The monoisotopic (exact) mass is 852 g/mol. The minimum atomic E-state index is -1.83. The van der Waals surface area contributed by atoms with E-state index in [0.29, 0.717) is 5.56 Å². The molecule has 0 heterocycles. The molecule has 6 N–H and O–H groups in total. The van der Waals surface area contributed by atoms with Crippen molar-refractivity contribution in [2.75, 3.05) is 0 Å². The second-order valence-corrected chi connectivity index (χ2v) is 14.2. The molecule has 16 heteroatoms. The Balaban J connectivity index is 1.36. The molecule has 0 aliphatic rings. The predicted molar refractivity (Wildman–Crippen MR) is 220 cm³/mol. The molecule has 0 atom stereocenters. The van der Waals surface area contributed by atoms with Crippen molar-refractivity contribution in [1.82, 2.24) is 0 Å². The quantitative estimate of drug-likeness (QED) is 0.0447. The highest BCUT2D eigenvalue weighted by Crippen LogP contribution is 2.42. The number of ether oxygens (including phenoxy) is 2. The molecule has 0 aliphatic carbocycles. The van der Waals surface area contributed by atoms with Gasteiger partial charge in [-0.05, 0) is 88.5 Å². The van der Waals surface area contributed by atoms with Gasteiger partial charge in [-0.1, -0.05) is 74.5 Å². The van der Waals surface area contributed by atoms with Crippen LogP contribution in [0.5, 0.6) is 11.5 Å². The van der Waals surface area contributed by atoms with E-state index in [1.807, 2.05) is 13.8 Å². The van der Waals surface area contributed by atoms with E-state index in [9.17, 15) is 69.0 Å². The van der Waals surface area contributed by atoms with Crippen LogP contribution in [0, 0.1) is 0 Å². The van der Waals surface area contributed by atoms with Crippen molar-refractivity contribution >= 4 is 47.8 Å². The van der Waals surface area contributed by atoms with Gasteiger partial charge < -0.3 is 40.1 Å². The zero-order chi connectivity index (χ0) is 45.9. The van der Waals surface area contributed by atoms with Crippen LogP contribution in [-0.2, 0) is 5.41 Å². The van der Waals surface area contributed by atoms with Gasteiger partial charge in [-0.15, -0.1) is 0 Å². The third-order valence-electron chi connectivity index (χ3n) is 10.1. The third kappa shape index (κ3) is 8.71. The highest BCUT2D eigenvalue weighted by atomic mass is 16.5. The van der Waals surface area contributed by atoms with E-state index in [-0.39, 0.29) is 33.8 Å². The molecule has 0 spiro atoms. The number of carbonyl (C=O) groups is 8. The topological polar surface area (TPSA) is 276 Å². The Morgan fingerprint density at radius 2 is 0.841 bits per heavy atom. The number of esters is 2. The summed E-state index contributed by atoms with van der Waals surface area (Å²) in [6.45, 7) is 3.78. The Morgan fingerprint density at radius 1 is 0.397 bits per heavy atom. The molecule has 0 aliphatic heterocycles. The number of rotatable bonds is 14. The molecule has 0 bridgehead atoms. The summed E-state index contributed by atoms with van der Waals surface area (Å²) >= 11 is 0. The molecule has 0 aromatic heterocycles. The fourth-order valence-electron chi connectivity index (χ4n) is 7.01. The number of carbonyl (C=O) groups excluding carboxylic acids is 2. The maximum atomic E-state index is 13.9. The summed E-state index contributed by atoms with van der Waals surface area (Å²) in [6, 6.07) is 26.6. The second-order valence-electron chi connectivity index (χ2n) is 14.2. The van der Waals surface area contributed by atoms with Gasteiger partial charge in [-0.25, -0.2) is 38.4 Å². The summed E-state index contributed by atoms with van der Waals surface area (Å²) in [5.41, 5.74) is -5.82. The molecular weight excluding hydrogens is 821 g/mol. The van der Waals surface area contributed by atoms with Crippen LogP contribution in [0.3, 0.4) is 0 Å². The summed E-state index contributed by atoms with van der Waals surface area (Å²) in [5, 5.41) is 59.9. The lowest BCUT2D eigenvalue weighted by molar-refractivity contribution is 0.0651. The number of carboxylic acid groups (broad SMARTS) is 6. The Hall–Kier alpha value is -8.92. The Labute approximate surface area is 355 Å². The normalized spacial score (nSPS) is 11.0. The standard InChI is InChI=1S/C47H32O16/c1-47(2,25-12-16-27(17-13-25)62-45(60)24-7-3-6-23(22-24)39(48)49)26-14-18-28(19-15-26)63-46(61)34-21-20-30(29-8-4-10-32(40(50)51)36(29)42(54)55)35(38(34)44(58)59)31-9-5-11-33(41(52)53)37(31)43(56)57/h3-22H,1-2H3,(H,48,49)(H,50,51)(H,52,53)(H,54,55)(H,56,57)(H,58,59). The minimum Gasteiger partial charge on any atom is -0.478 e. The molecule has 63 heavy (non-hydrogen) atoms.